The average Bonchev–Trinajstić information content (AvgIpc) is 2.95. The second-order valence-corrected chi connectivity index (χ2v) is 8.75. The van der Waals surface area contributed by atoms with Crippen molar-refractivity contribution in [2.75, 3.05) is 5.32 Å². The van der Waals surface area contributed by atoms with E-state index in [1.807, 2.05) is 30.3 Å². The number of hydrogen-bond donors (Lipinski definition) is 1. The monoisotopic (exact) mass is 427 g/mol. The maximum absolute atomic E-state index is 6.33. The molecule has 0 bridgehead atoms. The molecule has 0 aliphatic carbocycles. The highest BCUT2D eigenvalue weighted by molar-refractivity contribution is 7.18. The zero-order chi connectivity index (χ0) is 19.7. The minimum Gasteiger partial charge on any atom is -0.365 e. The summed E-state index contributed by atoms with van der Waals surface area (Å²) in [6, 6.07) is 15.8. The Morgan fingerprint density at radius 3 is 2.54 bits per heavy atom. The van der Waals surface area contributed by atoms with Crippen molar-refractivity contribution in [2.45, 2.75) is 26.8 Å². The molecule has 0 unspecified atom stereocenters. The van der Waals surface area contributed by atoms with Gasteiger partial charge >= 0.3 is 0 Å². The van der Waals surface area contributed by atoms with Crippen LogP contribution in [-0.4, -0.2) is 9.97 Å². The predicted molar refractivity (Wildman–Crippen MR) is 120 cm³/mol. The van der Waals surface area contributed by atoms with Gasteiger partial charge in [-0.3, -0.25) is 0 Å². The van der Waals surface area contributed by atoms with E-state index in [4.69, 9.17) is 33.2 Å². The normalized spacial score (nSPS) is 11.1. The SMILES string of the molecule is Cc1sc2nc(Cc3ccccc3)nc(NCc3ccc(Cl)cc3Cl)c2c1C. The lowest BCUT2D eigenvalue weighted by atomic mass is 10.1. The van der Waals surface area contributed by atoms with Crippen LogP contribution in [0.25, 0.3) is 10.2 Å². The molecule has 3 nitrogen and oxygen atoms in total. The van der Waals surface area contributed by atoms with Crippen molar-refractivity contribution in [1.82, 2.24) is 9.97 Å². The fraction of sp³-hybridized carbons (Fsp3) is 0.182. The van der Waals surface area contributed by atoms with Gasteiger partial charge in [-0.15, -0.1) is 11.3 Å². The Labute approximate surface area is 178 Å². The van der Waals surface area contributed by atoms with Gasteiger partial charge in [0.15, 0.2) is 0 Å². The zero-order valence-electron chi connectivity index (χ0n) is 15.6. The molecule has 0 amide bonds. The van der Waals surface area contributed by atoms with E-state index in [-0.39, 0.29) is 0 Å². The number of rotatable bonds is 5. The second-order valence-electron chi connectivity index (χ2n) is 6.70. The van der Waals surface area contributed by atoms with Gasteiger partial charge in [0.1, 0.15) is 16.5 Å². The third kappa shape index (κ3) is 4.00. The highest BCUT2D eigenvalue weighted by Crippen LogP contribution is 2.34. The van der Waals surface area contributed by atoms with Gasteiger partial charge in [-0.2, -0.15) is 0 Å². The number of nitrogens with zero attached hydrogens (tertiary/aromatic N) is 2. The van der Waals surface area contributed by atoms with Crippen molar-refractivity contribution < 1.29 is 0 Å². The number of aromatic nitrogens is 2. The van der Waals surface area contributed by atoms with Crippen LogP contribution in [0.5, 0.6) is 0 Å². The molecule has 6 heteroatoms. The lowest BCUT2D eigenvalue weighted by Gasteiger charge is -2.11. The molecule has 0 fully saturated rings. The molecular formula is C22H19Cl2N3S. The first kappa shape index (κ1) is 19.2. The summed E-state index contributed by atoms with van der Waals surface area (Å²) in [4.78, 5) is 11.9. The smallest absolute Gasteiger partial charge is 0.139 e. The number of anilines is 1. The summed E-state index contributed by atoms with van der Waals surface area (Å²) in [6.07, 6.45) is 0.698. The fourth-order valence-corrected chi connectivity index (χ4v) is 4.65. The van der Waals surface area contributed by atoms with Gasteiger partial charge in [-0.1, -0.05) is 59.6 Å². The van der Waals surface area contributed by atoms with Crippen LogP contribution in [0.15, 0.2) is 48.5 Å². The van der Waals surface area contributed by atoms with E-state index in [0.29, 0.717) is 23.0 Å². The number of halogens is 2. The molecule has 1 N–H and O–H groups in total. The van der Waals surface area contributed by atoms with Crippen LogP contribution in [0.3, 0.4) is 0 Å². The Kier molecular flexibility index (Phi) is 5.54. The summed E-state index contributed by atoms with van der Waals surface area (Å²) in [6.45, 7) is 4.81. The summed E-state index contributed by atoms with van der Waals surface area (Å²) in [7, 11) is 0. The molecule has 4 aromatic rings. The molecule has 0 atom stereocenters. The van der Waals surface area contributed by atoms with Gasteiger partial charge in [-0.05, 0) is 42.7 Å². The fourth-order valence-electron chi connectivity index (χ4n) is 3.12. The standard InChI is InChI=1S/C22H19Cl2N3S/c1-13-14(2)28-22-20(13)21(25-12-16-8-9-17(23)11-18(16)24)26-19(27-22)10-15-6-4-3-5-7-15/h3-9,11H,10,12H2,1-2H3,(H,25,26,27). The van der Waals surface area contributed by atoms with Crippen molar-refractivity contribution in [3.63, 3.8) is 0 Å². The van der Waals surface area contributed by atoms with Gasteiger partial charge in [0.25, 0.3) is 0 Å². The van der Waals surface area contributed by atoms with Gasteiger partial charge < -0.3 is 5.32 Å². The van der Waals surface area contributed by atoms with Gasteiger partial charge in [0.2, 0.25) is 0 Å². The topological polar surface area (TPSA) is 37.8 Å². The van der Waals surface area contributed by atoms with Crippen LogP contribution in [0.1, 0.15) is 27.4 Å². The van der Waals surface area contributed by atoms with E-state index >= 15 is 0 Å². The van der Waals surface area contributed by atoms with Crippen LogP contribution in [0.2, 0.25) is 10.0 Å². The van der Waals surface area contributed by atoms with Gasteiger partial charge in [-0.25, -0.2) is 9.97 Å². The quantitative estimate of drug-likeness (QED) is 0.379. The summed E-state index contributed by atoms with van der Waals surface area (Å²) in [5.41, 5.74) is 3.39. The van der Waals surface area contributed by atoms with E-state index in [1.54, 1.807) is 17.4 Å². The molecule has 0 saturated heterocycles. The number of nitrogens with one attached hydrogen (secondary N) is 1. The summed E-state index contributed by atoms with van der Waals surface area (Å²) < 4.78 is 0. The summed E-state index contributed by atoms with van der Waals surface area (Å²) >= 11 is 14.1. The number of fused-ring (bicyclic) bond motifs is 1. The predicted octanol–water partition coefficient (Wildman–Crippen LogP) is 6.82. The first-order chi connectivity index (χ1) is 13.5. The van der Waals surface area contributed by atoms with E-state index in [9.17, 15) is 0 Å². The molecule has 0 spiro atoms. The highest BCUT2D eigenvalue weighted by Gasteiger charge is 2.15. The van der Waals surface area contributed by atoms with Crippen LogP contribution < -0.4 is 5.32 Å². The lowest BCUT2D eigenvalue weighted by Crippen LogP contribution is -2.06. The molecule has 2 aromatic carbocycles. The molecule has 2 heterocycles. The average molecular weight is 428 g/mol. The molecule has 28 heavy (non-hydrogen) atoms. The maximum atomic E-state index is 6.33. The zero-order valence-corrected chi connectivity index (χ0v) is 17.9. The van der Waals surface area contributed by atoms with Crippen molar-refractivity contribution in [2.24, 2.45) is 0 Å². The first-order valence-electron chi connectivity index (χ1n) is 8.99. The largest absolute Gasteiger partial charge is 0.365 e. The van der Waals surface area contributed by atoms with E-state index in [0.717, 1.165) is 27.4 Å². The van der Waals surface area contributed by atoms with Crippen LogP contribution in [0, 0.1) is 13.8 Å². The van der Waals surface area contributed by atoms with Crippen molar-refractivity contribution in [3.8, 4) is 0 Å². The molecule has 4 rings (SSSR count). The molecule has 0 saturated carbocycles. The van der Waals surface area contributed by atoms with Gasteiger partial charge in [0, 0.05) is 27.9 Å². The van der Waals surface area contributed by atoms with Crippen LogP contribution in [-0.2, 0) is 13.0 Å². The Hall–Kier alpha value is -2.14. The Morgan fingerprint density at radius 2 is 1.79 bits per heavy atom. The van der Waals surface area contributed by atoms with Crippen molar-refractivity contribution in [3.05, 3.63) is 86.0 Å². The number of hydrogen-bond acceptors (Lipinski definition) is 4. The molecule has 0 radical (unpaired) electrons. The Balaban J connectivity index is 1.70. The first-order valence-corrected chi connectivity index (χ1v) is 10.6. The Morgan fingerprint density at radius 1 is 1.00 bits per heavy atom. The Bertz CT molecular complexity index is 1140. The van der Waals surface area contributed by atoms with E-state index < -0.39 is 0 Å². The number of thiophene rings is 1. The number of aryl methyl sites for hydroxylation is 2. The molecule has 2 aromatic heterocycles. The molecule has 142 valence electrons. The molecular weight excluding hydrogens is 409 g/mol. The van der Waals surface area contributed by atoms with Crippen molar-refractivity contribution >= 4 is 50.6 Å². The molecule has 0 aliphatic rings. The lowest BCUT2D eigenvalue weighted by molar-refractivity contribution is 0.984. The second kappa shape index (κ2) is 8.08. The third-order valence-corrected chi connectivity index (χ3v) is 6.43. The van der Waals surface area contributed by atoms with Gasteiger partial charge in [0.05, 0.1) is 5.39 Å². The van der Waals surface area contributed by atoms with Crippen LogP contribution in [0.4, 0.5) is 5.82 Å². The molecule has 0 aliphatic heterocycles. The minimum absolute atomic E-state index is 0.571. The maximum Gasteiger partial charge on any atom is 0.139 e. The van der Waals surface area contributed by atoms with Crippen LogP contribution >= 0.6 is 34.5 Å². The highest BCUT2D eigenvalue weighted by atomic mass is 35.5. The summed E-state index contributed by atoms with van der Waals surface area (Å²) in [5.74, 6) is 1.66. The summed E-state index contributed by atoms with van der Waals surface area (Å²) in [5, 5.41) is 5.84. The van der Waals surface area contributed by atoms with E-state index in [2.05, 4.69) is 31.3 Å². The van der Waals surface area contributed by atoms with Crippen molar-refractivity contribution in [1.29, 1.82) is 0 Å². The van der Waals surface area contributed by atoms with E-state index in [1.165, 1.54) is 16.0 Å². The third-order valence-electron chi connectivity index (χ3n) is 4.74. The minimum atomic E-state index is 0.571. The number of benzene rings is 2.